The molecule has 0 spiro atoms. The van der Waals surface area contributed by atoms with Crippen molar-refractivity contribution in [1.29, 1.82) is 0 Å². The Bertz CT molecular complexity index is 852. The molecule has 0 aliphatic carbocycles. The fourth-order valence-corrected chi connectivity index (χ4v) is 2.67. The Morgan fingerprint density at radius 1 is 1.30 bits per heavy atom. The van der Waals surface area contributed by atoms with Crippen molar-refractivity contribution in [2.24, 2.45) is 0 Å². The lowest BCUT2D eigenvalue weighted by atomic mass is 10.1. The maximum Gasteiger partial charge on any atom is 0.342 e. The highest BCUT2D eigenvalue weighted by Gasteiger charge is 2.20. The summed E-state index contributed by atoms with van der Waals surface area (Å²) in [6, 6.07) is 8.09. The monoisotopic (exact) mass is 309 g/mol. The Labute approximate surface area is 134 Å². The van der Waals surface area contributed by atoms with Gasteiger partial charge in [-0.3, -0.25) is 0 Å². The minimum absolute atomic E-state index is 0.187. The highest BCUT2D eigenvalue weighted by atomic mass is 16.5. The number of para-hydroxylation sites is 1. The molecule has 0 radical (unpaired) electrons. The lowest BCUT2D eigenvalue weighted by Gasteiger charge is -2.10. The Morgan fingerprint density at radius 3 is 2.83 bits per heavy atom. The van der Waals surface area contributed by atoms with Gasteiger partial charge < -0.3 is 9.30 Å². The van der Waals surface area contributed by atoms with E-state index in [0.29, 0.717) is 11.3 Å². The Balaban J connectivity index is 2.18. The highest BCUT2D eigenvalue weighted by molar-refractivity contribution is 6.02. The second-order valence-electron chi connectivity index (χ2n) is 5.59. The average Bonchev–Trinajstić information content (AvgIpc) is 2.93. The molecule has 0 saturated heterocycles. The molecule has 3 rings (SSSR count). The number of carbonyl (C=O) groups excluding carboxylic acids is 1. The van der Waals surface area contributed by atoms with Crippen molar-refractivity contribution in [2.75, 3.05) is 0 Å². The zero-order valence-electron chi connectivity index (χ0n) is 13.5. The normalized spacial score (nSPS) is 11.1. The van der Waals surface area contributed by atoms with Crippen LogP contribution >= 0.6 is 0 Å². The SMILES string of the molecule is CCn1cc(-c2ncncc2C(=O)OC(C)C)c2ccccc21. The van der Waals surface area contributed by atoms with Crippen molar-refractivity contribution in [3.05, 3.63) is 48.5 Å². The van der Waals surface area contributed by atoms with Crippen molar-refractivity contribution in [3.8, 4) is 11.3 Å². The summed E-state index contributed by atoms with van der Waals surface area (Å²) in [6.45, 7) is 6.58. The zero-order chi connectivity index (χ0) is 16.4. The standard InChI is InChI=1S/C18H19N3O2/c1-4-21-10-15(13-7-5-6-8-16(13)21)17-14(9-19-11-20-17)18(22)23-12(2)3/h5-12H,4H2,1-3H3. The molecule has 23 heavy (non-hydrogen) atoms. The number of esters is 1. The Hall–Kier alpha value is -2.69. The van der Waals surface area contributed by atoms with Gasteiger partial charge in [0.25, 0.3) is 0 Å². The number of rotatable bonds is 4. The first kappa shape index (κ1) is 15.2. The molecular weight excluding hydrogens is 290 g/mol. The average molecular weight is 309 g/mol. The number of carbonyl (C=O) groups is 1. The van der Waals surface area contributed by atoms with E-state index in [1.54, 1.807) is 0 Å². The second-order valence-corrected chi connectivity index (χ2v) is 5.59. The van der Waals surface area contributed by atoms with E-state index in [0.717, 1.165) is 23.0 Å². The summed E-state index contributed by atoms with van der Waals surface area (Å²) in [5.41, 5.74) is 3.03. The predicted octanol–water partition coefficient (Wildman–Crippen LogP) is 3.68. The lowest BCUT2D eigenvalue weighted by molar-refractivity contribution is 0.0378. The number of aryl methyl sites for hydroxylation is 1. The summed E-state index contributed by atoms with van der Waals surface area (Å²) in [5.74, 6) is -0.399. The van der Waals surface area contributed by atoms with Crippen molar-refractivity contribution in [1.82, 2.24) is 14.5 Å². The van der Waals surface area contributed by atoms with E-state index in [9.17, 15) is 4.79 Å². The van der Waals surface area contributed by atoms with E-state index >= 15 is 0 Å². The summed E-state index contributed by atoms with van der Waals surface area (Å²) >= 11 is 0. The third kappa shape index (κ3) is 2.82. The molecule has 0 fully saturated rings. The second kappa shape index (κ2) is 6.20. The minimum Gasteiger partial charge on any atom is -0.459 e. The molecule has 0 aliphatic rings. The largest absolute Gasteiger partial charge is 0.459 e. The van der Waals surface area contributed by atoms with Crippen LogP contribution in [0.2, 0.25) is 0 Å². The molecular formula is C18H19N3O2. The van der Waals surface area contributed by atoms with Gasteiger partial charge in [0.15, 0.2) is 0 Å². The third-order valence-electron chi connectivity index (χ3n) is 3.66. The van der Waals surface area contributed by atoms with Gasteiger partial charge in [-0.2, -0.15) is 0 Å². The summed E-state index contributed by atoms with van der Waals surface area (Å²) < 4.78 is 7.46. The van der Waals surface area contributed by atoms with Gasteiger partial charge in [0.1, 0.15) is 11.9 Å². The van der Waals surface area contributed by atoms with Crippen molar-refractivity contribution >= 4 is 16.9 Å². The highest BCUT2D eigenvalue weighted by Crippen LogP contribution is 2.31. The smallest absolute Gasteiger partial charge is 0.342 e. The van der Waals surface area contributed by atoms with Crippen LogP contribution in [0.3, 0.4) is 0 Å². The quantitative estimate of drug-likeness (QED) is 0.690. The van der Waals surface area contributed by atoms with Gasteiger partial charge >= 0.3 is 5.97 Å². The first-order chi connectivity index (χ1) is 11.1. The van der Waals surface area contributed by atoms with Crippen molar-refractivity contribution in [3.63, 3.8) is 0 Å². The van der Waals surface area contributed by atoms with Gasteiger partial charge in [0.05, 0.1) is 11.8 Å². The molecule has 2 aromatic heterocycles. The van der Waals surface area contributed by atoms with Crippen LogP contribution < -0.4 is 0 Å². The van der Waals surface area contributed by atoms with E-state index < -0.39 is 5.97 Å². The lowest BCUT2D eigenvalue weighted by Crippen LogP contribution is -2.13. The maximum absolute atomic E-state index is 12.4. The van der Waals surface area contributed by atoms with Crippen molar-refractivity contribution in [2.45, 2.75) is 33.4 Å². The number of aromatic nitrogens is 3. The number of fused-ring (bicyclic) bond motifs is 1. The van der Waals surface area contributed by atoms with Crippen LogP contribution in [0.5, 0.6) is 0 Å². The van der Waals surface area contributed by atoms with Gasteiger partial charge in [0.2, 0.25) is 0 Å². The van der Waals surface area contributed by atoms with E-state index in [-0.39, 0.29) is 6.10 Å². The van der Waals surface area contributed by atoms with Crippen molar-refractivity contribution < 1.29 is 9.53 Å². The molecule has 0 bridgehead atoms. The Kier molecular flexibility index (Phi) is 4.10. The molecule has 2 heterocycles. The van der Waals surface area contributed by atoms with E-state index in [1.807, 2.05) is 38.2 Å². The Morgan fingerprint density at radius 2 is 2.09 bits per heavy atom. The number of hydrogen-bond acceptors (Lipinski definition) is 4. The number of ether oxygens (including phenoxy) is 1. The van der Waals surface area contributed by atoms with Crippen LogP contribution in [0, 0.1) is 0 Å². The van der Waals surface area contributed by atoms with Crippen LogP contribution in [0.4, 0.5) is 0 Å². The molecule has 1 aromatic carbocycles. The molecule has 0 atom stereocenters. The molecule has 0 amide bonds. The minimum atomic E-state index is -0.399. The predicted molar refractivity (Wildman–Crippen MR) is 89.2 cm³/mol. The topological polar surface area (TPSA) is 57.0 Å². The summed E-state index contributed by atoms with van der Waals surface area (Å²) in [4.78, 5) is 20.7. The first-order valence-corrected chi connectivity index (χ1v) is 7.71. The van der Waals surface area contributed by atoms with Crippen LogP contribution in [0.25, 0.3) is 22.2 Å². The molecule has 5 heteroatoms. The van der Waals surface area contributed by atoms with Crippen LogP contribution in [0.1, 0.15) is 31.1 Å². The summed E-state index contributed by atoms with van der Waals surface area (Å²) in [5, 5.41) is 1.06. The molecule has 3 aromatic rings. The number of hydrogen-bond donors (Lipinski definition) is 0. The molecule has 0 unspecified atom stereocenters. The van der Waals surface area contributed by atoms with E-state index in [4.69, 9.17) is 4.74 Å². The van der Waals surface area contributed by atoms with Gasteiger partial charge in [-0.1, -0.05) is 18.2 Å². The summed E-state index contributed by atoms with van der Waals surface area (Å²) in [7, 11) is 0. The fourth-order valence-electron chi connectivity index (χ4n) is 2.67. The molecule has 0 aliphatic heterocycles. The van der Waals surface area contributed by atoms with Crippen LogP contribution in [-0.4, -0.2) is 26.6 Å². The summed E-state index contributed by atoms with van der Waals surface area (Å²) in [6.07, 6.45) is 4.82. The van der Waals surface area contributed by atoms with Crippen LogP contribution in [0.15, 0.2) is 43.0 Å². The van der Waals surface area contributed by atoms with E-state index in [2.05, 4.69) is 27.5 Å². The molecule has 118 valence electrons. The fraction of sp³-hybridized carbons (Fsp3) is 0.278. The molecule has 0 N–H and O–H groups in total. The third-order valence-corrected chi connectivity index (χ3v) is 3.66. The van der Waals surface area contributed by atoms with Gasteiger partial charge in [-0.05, 0) is 26.8 Å². The molecule has 5 nitrogen and oxygen atoms in total. The number of benzene rings is 1. The zero-order valence-corrected chi connectivity index (χ0v) is 13.5. The first-order valence-electron chi connectivity index (χ1n) is 7.71. The van der Waals surface area contributed by atoms with Crippen LogP contribution in [-0.2, 0) is 11.3 Å². The number of nitrogens with zero attached hydrogens (tertiary/aromatic N) is 3. The van der Waals surface area contributed by atoms with E-state index in [1.165, 1.54) is 12.5 Å². The van der Waals surface area contributed by atoms with Gasteiger partial charge in [-0.25, -0.2) is 14.8 Å². The van der Waals surface area contributed by atoms with Gasteiger partial charge in [0, 0.05) is 35.4 Å². The molecule has 0 saturated carbocycles. The maximum atomic E-state index is 12.4. The van der Waals surface area contributed by atoms with Gasteiger partial charge in [-0.15, -0.1) is 0 Å².